The van der Waals surface area contributed by atoms with Gasteiger partial charge in [0.15, 0.2) is 0 Å². The lowest BCUT2D eigenvalue weighted by atomic mass is 10.0. The Kier molecular flexibility index (Phi) is 7.34. The van der Waals surface area contributed by atoms with E-state index in [1.165, 1.54) is 0 Å². The number of sulfonamides is 1. The zero-order valence-corrected chi connectivity index (χ0v) is 22.2. The molecule has 196 valence electrons. The van der Waals surface area contributed by atoms with E-state index in [-0.39, 0.29) is 5.25 Å². The maximum Gasteiger partial charge on any atom is 0.235 e. The highest BCUT2D eigenvalue weighted by atomic mass is 32.2. The van der Waals surface area contributed by atoms with E-state index in [0.717, 1.165) is 36.8 Å². The maximum atomic E-state index is 12.9. The van der Waals surface area contributed by atoms with Gasteiger partial charge in [0.05, 0.1) is 15.0 Å². The molecule has 11 heteroatoms. The van der Waals surface area contributed by atoms with Crippen molar-refractivity contribution in [1.29, 1.82) is 4.78 Å². The Hall–Kier alpha value is -3.18. The summed E-state index contributed by atoms with van der Waals surface area (Å²) in [7, 11) is -6.28. The van der Waals surface area contributed by atoms with Gasteiger partial charge in [-0.2, -0.15) is 4.98 Å². The molecule has 1 aliphatic heterocycles. The molecular weight excluding hydrogens is 508 g/mol. The highest BCUT2D eigenvalue weighted by molar-refractivity contribution is 7.93. The van der Waals surface area contributed by atoms with Gasteiger partial charge in [0.25, 0.3) is 0 Å². The smallest absolute Gasteiger partial charge is 0.235 e. The molecule has 4 N–H and O–H groups in total. The van der Waals surface area contributed by atoms with E-state index in [9.17, 15) is 12.6 Å². The normalized spacial score (nSPS) is 20.9. The number of hydrogen-bond acceptors (Lipinski definition) is 8. The Morgan fingerprint density at radius 1 is 1.00 bits per heavy atom. The van der Waals surface area contributed by atoms with E-state index in [4.69, 9.17) is 4.78 Å². The minimum Gasteiger partial charge on any atom is -0.369 e. The van der Waals surface area contributed by atoms with Crippen molar-refractivity contribution in [1.82, 2.24) is 9.97 Å². The highest BCUT2D eigenvalue weighted by Gasteiger charge is 2.27. The van der Waals surface area contributed by atoms with E-state index in [1.54, 1.807) is 36.5 Å². The van der Waals surface area contributed by atoms with Crippen LogP contribution in [-0.4, -0.2) is 40.1 Å². The Balaban J connectivity index is 1.39. The van der Waals surface area contributed by atoms with Crippen molar-refractivity contribution >= 4 is 42.9 Å². The van der Waals surface area contributed by atoms with Crippen molar-refractivity contribution in [2.24, 2.45) is 0 Å². The van der Waals surface area contributed by atoms with Crippen LogP contribution in [0.2, 0.25) is 0 Å². The Morgan fingerprint density at radius 2 is 1.78 bits per heavy atom. The summed E-state index contributed by atoms with van der Waals surface area (Å²) < 4.78 is 49.6. The summed E-state index contributed by atoms with van der Waals surface area (Å²) in [4.78, 5) is 9.66. The summed E-state index contributed by atoms with van der Waals surface area (Å²) in [5.74, 6) is 1.33. The third kappa shape index (κ3) is 6.04. The average Bonchev–Trinajstić information content (AvgIpc) is 2.90. The summed E-state index contributed by atoms with van der Waals surface area (Å²) in [6, 6.07) is 14.3. The van der Waals surface area contributed by atoms with E-state index in [0.29, 0.717) is 59.6 Å². The van der Waals surface area contributed by atoms with Crippen molar-refractivity contribution in [3.05, 3.63) is 54.7 Å². The van der Waals surface area contributed by atoms with Gasteiger partial charge in [-0.05, 0) is 61.6 Å². The van der Waals surface area contributed by atoms with Crippen LogP contribution in [0.15, 0.2) is 59.6 Å². The fourth-order valence-corrected chi connectivity index (χ4v) is 7.84. The molecule has 37 heavy (non-hydrogen) atoms. The number of aromatic nitrogens is 2. The molecule has 3 aromatic rings. The zero-order valence-electron chi connectivity index (χ0n) is 20.6. The monoisotopic (exact) mass is 540 g/mol. The lowest BCUT2D eigenvalue weighted by Gasteiger charge is -2.22. The number of hydrogen-bond donors (Lipinski definition) is 4. The fourth-order valence-electron chi connectivity index (χ4n) is 4.79. The maximum absolute atomic E-state index is 12.9. The molecule has 1 fully saturated rings. The first-order valence-corrected chi connectivity index (χ1v) is 15.9. The topological polar surface area (TPSA) is 137 Å². The fraction of sp³-hybridized carbons (Fsp3) is 0.385. The van der Waals surface area contributed by atoms with Crippen LogP contribution >= 0.6 is 0 Å². The summed E-state index contributed by atoms with van der Waals surface area (Å²) in [5.41, 5.74) is 2.86. The largest absolute Gasteiger partial charge is 0.369 e. The second-order valence-electron chi connectivity index (χ2n) is 9.61. The van der Waals surface area contributed by atoms with Crippen LogP contribution in [0.5, 0.6) is 0 Å². The van der Waals surface area contributed by atoms with E-state index in [1.807, 2.05) is 18.2 Å². The third-order valence-electron chi connectivity index (χ3n) is 6.86. The van der Waals surface area contributed by atoms with Gasteiger partial charge in [0.2, 0.25) is 16.0 Å². The molecule has 0 saturated heterocycles. The van der Waals surface area contributed by atoms with E-state index < -0.39 is 19.8 Å². The number of nitrogens with one attached hydrogen (secondary N) is 4. The predicted octanol–water partition coefficient (Wildman–Crippen LogP) is 5.57. The Morgan fingerprint density at radius 3 is 2.57 bits per heavy atom. The summed E-state index contributed by atoms with van der Waals surface area (Å²) in [6.07, 6.45) is 7.56. The Bertz CT molecular complexity index is 1470. The molecule has 0 spiro atoms. The second-order valence-corrected chi connectivity index (χ2v) is 13.8. The van der Waals surface area contributed by atoms with Gasteiger partial charge in [-0.15, -0.1) is 0 Å². The van der Waals surface area contributed by atoms with Crippen molar-refractivity contribution in [3.63, 3.8) is 0 Å². The third-order valence-corrected chi connectivity index (χ3v) is 10.6. The number of anilines is 4. The Labute approximate surface area is 218 Å². The molecule has 2 aromatic carbocycles. The number of fused-ring (bicyclic) bond motifs is 4. The van der Waals surface area contributed by atoms with Gasteiger partial charge in [0, 0.05) is 40.3 Å². The van der Waals surface area contributed by atoms with E-state index in [2.05, 4.69) is 25.3 Å². The molecular formula is C26H32N6O3S2. The quantitative estimate of drug-likeness (QED) is 0.339. The molecule has 1 aliphatic carbocycles. The molecule has 0 radical (unpaired) electrons. The number of rotatable bonds is 4. The number of benzene rings is 2. The lowest BCUT2D eigenvalue weighted by molar-refractivity contribution is 0.486. The van der Waals surface area contributed by atoms with Gasteiger partial charge in [-0.1, -0.05) is 37.5 Å². The SMILES string of the molecule is N=S1(=O)CCCCNc2nc(ncc2-c2ccc(NS(=O)(=O)C3CCCCC3)cc2)Nc2cccc1c2. The summed E-state index contributed by atoms with van der Waals surface area (Å²) >= 11 is 0. The first-order valence-electron chi connectivity index (χ1n) is 12.7. The standard InChI is InChI=1S/C26H32N6O3S2/c27-36(33)16-5-4-15-28-25-24(18-29-26(31-25)30-21-7-6-10-23(36)17-21)19-11-13-20(14-12-19)32-37(34,35)22-8-2-1-3-9-22/h6-7,10-14,17-18,22,27,32H,1-5,8-9,15-16H2,(H2,28,29,30,31). The number of nitrogens with zero attached hydrogens (tertiary/aromatic N) is 2. The van der Waals surface area contributed by atoms with Crippen LogP contribution in [-0.2, 0) is 19.8 Å². The first kappa shape index (κ1) is 25.5. The summed E-state index contributed by atoms with van der Waals surface area (Å²) in [5, 5.41) is 6.19. The van der Waals surface area contributed by atoms with Gasteiger partial charge in [-0.3, -0.25) is 4.72 Å². The highest BCUT2D eigenvalue weighted by Crippen LogP contribution is 2.31. The molecule has 0 amide bonds. The van der Waals surface area contributed by atoms with Crippen molar-refractivity contribution in [2.75, 3.05) is 27.7 Å². The molecule has 5 rings (SSSR count). The molecule has 2 aliphatic rings. The van der Waals surface area contributed by atoms with Gasteiger partial charge in [-0.25, -0.2) is 22.4 Å². The molecule has 1 saturated carbocycles. The van der Waals surface area contributed by atoms with Gasteiger partial charge >= 0.3 is 0 Å². The molecule has 1 aromatic heterocycles. The molecule has 2 heterocycles. The molecule has 4 bridgehead atoms. The summed E-state index contributed by atoms with van der Waals surface area (Å²) in [6.45, 7) is 0.607. The van der Waals surface area contributed by atoms with Crippen LogP contribution < -0.4 is 15.4 Å². The van der Waals surface area contributed by atoms with Crippen LogP contribution in [0.25, 0.3) is 11.1 Å². The first-order chi connectivity index (χ1) is 17.8. The van der Waals surface area contributed by atoms with Crippen molar-refractivity contribution in [2.45, 2.75) is 55.1 Å². The molecule has 1 atom stereocenters. The zero-order chi connectivity index (χ0) is 25.9. The minimum atomic E-state index is -3.41. The van der Waals surface area contributed by atoms with E-state index >= 15 is 0 Å². The van der Waals surface area contributed by atoms with Gasteiger partial charge < -0.3 is 10.6 Å². The lowest BCUT2D eigenvalue weighted by Crippen LogP contribution is -2.29. The average molecular weight is 541 g/mol. The van der Waals surface area contributed by atoms with Crippen molar-refractivity contribution in [3.8, 4) is 11.1 Å². The minimum absolute atomic E-state index is 0.298. The van der Waals surface area contributed by atoms with Crippen LogP contribution in [0.4, 0.5) is 23.1 Å². The van der Waals surface area contributed by atoms with Crippen LogP contribution in [0.3, 0.4) is 0 Å². The van der Waals surface area contributed by atoms with Crippen LogP contribution in [0.1, 0.15) is 44.9 Å². The second kappa shape index (κ2) is 10.7. The molecule has 9 nitrogen and oxygen atoms in total. The van der Waals surface area contributed by atoms with Gasteiger partial charge in [0.1, 0.15) is 5.82 Å². The molecule has 1 unspecified atom stereocenters. The van der Waals surface area contributed by atoms with Crippen LogP contribution in [0, 0.1) is 4.78 Å². The predicted molar refractivity (Wildman–Crippen MR) is 148 cm³/mol. The van der Waals surface area contributed by atoms with Crippen molar-refractivity contribution < 1.29 is 12.6 Å².